The molecule has 0 fully saturated rings. The lowest BCUT2D eigenvalue weighted by molar-refractivity contribution is 0.270. The van der Waals surface area contributed by atoms with Crippen LogP contribution in [0.15, 0.2) is 24.0 Å². The summed E-state index contributed by atoms with van der Waals surface area (Å²) < 4.78 is 5.19. The van der Waals surface area contributed by atoms with Crippen LogP contribution in [0.1, 0.15) is 19.8 Å². The highest BCUT2D eigenvalue weighted by molar-refractivity contribution is 9.09. The Morgan fingerprint density at radius 1 is 1.67 bits per heavy atom. The quantitative estimate of drug-likeness (QED) is 0.674. The van der Waals surface area contributed by atoms with E-state index in [0.717, 1.165) is 24.3 Å². The fourth-order valence-electron chi connectivity index (χ4n) is 1.10. The molecular formula is C10H15BrO. The lowest BCUT2D eigenvalue weighted by Gasteiger charge is -2.12. The molecule has 1 rings (SSSR count). The Balaban J connectivity index is 2.22. The van der Waals surface area contributed by atoms with E-state index in [0.29, 0.717) is 0 Å². The van der Waals surface area contributed by atoms with Crippen LogP contribution in [0.5, 0.6) is 0 Å². The Kier molecular flexibility index (Phi) is 4.44. The van der Waals surface area contributed by atoms with Crippen molar-refractivity contribution in [3.63, 3.8) is 0 Å². The van der Waals surface area contributed by atoms with Crippen LogP contribution in [0, 0.1) is 5.92 Å². The molecule has 0 N–H and O–H groups in total. The van der Waals surface area contributed by atoms with Crippen LogP contribution >= 0.6 is 15.9 Å². The van der Waals surface area contributed by atoms with Gasteiger partial charge in [0.2, 0.25) is 0 Å². The van der Waals surface area contributed by atoms with Gasteiger partial charge in [0.05, 0.1) is 6.26 Å². The van der Waals surface area contributed by atoms with E-state index < -0.39 is 0 Å². The molecule has 1 heterocycles. The van der Waals surface area contributed by atoms with Gasteiger partial charge in [0.1, 0.15) is 6.61 Å². The molecule has 1 nitrogen and oxygen atoms in total. The standard InChI is InChI=1S/C10H15BrO/c1-9(7-11)4-5-10-3-2-6-12-8-10/h2-3,6,9H,4-5,7-8H2,1H3. The first-order valence-corrected chi connectivity index (χ1v) is 5.47. The largest absolute Gasteiger partial charge is 0.497 e. The van der Waals surface area contributed by atoms with Crippen LogP contribution in [-0.2, 0) is 4.74 Å². The fourth-order valence-corrected chi connectivity index (χ4v) is 1.42. The molecule has 0 radical (unpaired) electrons. The number of ether oxygens (including phenoxy) is 1. The summed E-state index contributed by atoms with van der Waals surface area (Å²) in [6, 6.07) is 0. The maximum atomic E-state index is 5.19. The molecule has 0 saturated carbocycles. The second kappa shape index (κ2) is 5.41. The fraction of sp³-hybridized carbons (Fsp3) is 0.600. The zero-order chi connectivity index (χ0) is 8.81. The summed E-state index contributed by atoms with van der Waals surface area (Å²) in [5.74, 6) is 0.761. The van der Waals surface area contributed by atoms with E-state index in [9.17, 15) is 0 Å². The second-order valence-electron chi connectivity index (χ2n) is 3.26. The highest BCUT2D eigenvalue weighted by Crippen LogP contribution is 2.15. The monoisotopic (exact) mass is 230 g/mol. The first-order valence-electron chi connectivity index (χ1n) is 4.35. The van der Waals surface area contributed by atoms with Crippen molar-refractivity contribution in [3.05, 3.63) is 24.0 Å². The van der Waals surface area contributed by atoms with Gasteiger partial charge in [0, 0.05) is 5.33 Å². The third kappa shape index (κ3) is 3.44. The highest BCUT2D eigenvalue weighted by atomic mass is 79.9. The van der Waals surface area contributed by atoms with Crippen LogP contribution in [0.4, 0.5) is 0 Å². The average Bonchev–Trinajstić information content (AvgIpc) is 2.16. The average molecular weight is 231 g/mol. The molecule has 0 aliphatic carbocycles. The molecule has 12 heavy (non-hydrogen) atoms. The summed E-state index contributed by atoms with van der Waals surface area (Å²) in [6.45, 7) is 3.04. The Hall–Kier alpha value is -0.240. The molecule has 0 aromatic carbocycles. The third-order valence-corrected chi connectivity index (χ3v) is 3.10. The van der Waals surface area contributed by atoms with Gasteiger partial charge >= 0.3 is 0 Å². The molecule has 0 aromatic rings. The molecule has 0 amide bonds. The summed E-state index contributed by atoms with van der Waals surface area (Å²) >= 11 is 3.48. The van der Waals surface area contributed by atoms with Crippen molar-refractivity contribution in [2.45, 2.75) is 19.8 Å². The minimum absolute atomic E-state index is 0.761. The first kappa shape index (κ1) is 9.85. The minimum Gasteiger partial charge on any atom is -0.497 e. The van der Waals surface area contributed by atoms with Gasteiger partial charge in [-0.15, -0.1) is 0 Å². The van der Waals surface area contributed by atoms with Crippen molar-refractivity contribution in [2.24, 2.45) is 5.92 Å². The zero-order valence-corrected chi connectivity index (χ0v) is 9.01. The summed E-state index contributed by atoms with van der Waals surface area (Å²) in [5, 5.41) is 1.09. The van der Waals surface area contributed by atoms with Gasteiger partial charge in [-0.25, -0.2) is 0 Å². The Morgan fingerprint density at radius 2 is 2.50 bits per heavy atom. The van der Waals surface area contributed by atoms with Crippen molar-refractivity contribution in [1.29, 1.82) is 0 Å². The molecule has 0 saturated heterocycles. The second-order valence-corrected chi connectivity index (χ2v) is 3.91. The molecule has 68 valence electrons. The predicted molar refractivity (Wildman–Crippen MR) is 55.4 cm³/mol. The van der Waals surface area contributed by atoms with E-state index >= 15 is 0 Å². The molecule has 2 heteroatoms. The van der Waals surface area contributed by atoms with Crippen molar-refractivity contribution in [2.75, 3.05) is 11.9 Å². The molecule has 0 aromatic heterocycles. The van der Waals surface area contributed by atoms with Crippen LogP contribution in [0.3, 0.4) is 0 Å². The summed E-state index contributed by atoms with van der Waals surface area (Å²) in [5.41, 5.74) is 1.41. The topological polar surface area (TPSA) is 9.23 Å². The van der Waals surface area contributed by atoms with Crippen molar-refractivity contribution in [1.82, 2.24) is 0 Å². The molecule has 0 spiro atoms. The van der Waals surface area contributed by atoms with Gasteiger partial charge in [0.25, 0.3) is 0 Å². The Bertz CT molecular complexity index is 184. The van der Waals surface area contributed by atoms with E-state index in [2.05, 4.69) is 28.9 Å². The van der Waals surface area contributed by atoms with Crippen LogP contribution in [-0.4, -0.2) is 11.9 Å². The van der Waals surface area contributed by atoms with E-state index in [4.69, 9.17) is 4.74 Å². The van der Waals surface area contributed by atoms with E-state index in [-0.39, 0.29) is 0 Å². The maximum Gasteiger partial charge on any atom is 0.109 e. The normalized spacial score (nSPS) is 18.3. The number of hydrogen-bond donors (Lipinski definition) is 0. The molecule has 1 atom stereocenters. The summed E-state index contributed by atoms with van der Waals surface area (Å²) in [7, 11) is 0. The van der Waals surface area contributed by atoms with E-state index in [1.54, 1.807) is 6.26 Å². The number of halogens is 1. The zero-order valence-electron chi connectivity index (χ0n) is 7.42. The van der Waals surface area contributed by atoms with Gasteiger partial charge in [-0.3, -0.25) is 0 Å². The van der Waals surface area contributed by atoms with Gasteiger partial charge in [-0.1, -0.05) is 28.9 Å². The molecule has 1 aliphatic rings. The number of rotatable bonds is 4. The first-order chi connectivity index (χ1) is 5.83. The van der Waals surface area contributed by atoms with Crippen LogP contribution < -0.4 is 0 Å². The van der Waals surface area contributed by atoms with Crippen molar-refractivity contribution >= 4 is 15.9 Å². The SMILES string of the molecule is CC(CBr)CCC1=CC=COC1. The Labute approximate surface area is 82.6 Å². The molecule has 0 bridgehead atoms. The highest BCUT2D eigenvalue weighted by Gasteiger charge is 2.03. The lowest BCUT2D eigenvalue weighted by Crippen LogP contribution is -2.01. The summed E-state index contributed by atoms with van der Waals surface area (Å²) in [4.78, 5) is 0. The van der Waals surface area contributed by atoms with Crippen LogP contribution in [0.25, 0.3) is 0 Å². The van der Waals surface area contributed by atoms with Crippen molar-refractivity contribution < 1.29 is 4.74 Å². The van der Waals surface area contributed by atoms with Gasteiger partial charge in [-0.05, 0) is 30.4 Å². The maximum absolute atomic E-state index is 5.19. The molecular weight excluding hydrogens is 216 g/mol. The number of alkyl halides is 1. The predicted octanol–water partition coefficient (Wildman–Crippen LogP) is 3.27. The van der Waals surface area contributed by atoms with E-state index in [1.807, 2.05) is 6.08 Å². The van der Waals surface area contributed by atoms with Gasteiger partial charge < -0.3 is 4.74 Å². The molecule has 1 aliphatic heterocycles. The summed E-state index contributed by atoms with van der Waals surface area (Å²) in [6.07, 6.45) is 8.28. The van der Waals surface area contributed by atoms with Crippen molar-refractivity contribution in [3.8, 4) is 0 Å². The smallest absolute Gasteiger partial charge is 0.109 e. The number of hydrogen-bond acceptors (Lipinski definition) is 1. The number of allylic oxidation sites excluding steroid dienone is 2. The third-order valence-electron chi connectivity index (χ3n) is 2.00. The van der Waals surface area contributed by atoms with Gasteiger partial charge in [-0.2, -0.15) is 0 Å². The molecule has 1 unspecified atom stereocenters. The minimum atomic E-state index is 0.761. The van der Waals surface area contributed by atoms with Gasteiger partial charge in [0.15, 0.2) is 0 Å². The van der Waals surface area contributed by atoms with E-state index in [1.165, 1.54) is 12.0 Å². The Morgan fingerprint density at radius 3 is 3.08 bits per heavy atom. The lowest BCUT2D eigenvalue weighted by atomic mass is 10.0. The van der Waals surface area contributed by atoms with Crippen LogP contribution in [0.2, 0.25) is 0 Å².